The van der Waals surface area contributed by atoms with E-state index in [9.17, 15) is 9.59 Å². The maximum atomic E-state index is 11.1. The van der Waals surface area contributed by atoms with Gasteiger partial charge in [-0.2, -0.15) is 0 Å². The predicted molar refractivity (Wildman–Crippen MR) is 48.3 cm³/mol. The maximum absolute atomic E-state index is 11.1. The molecule has 74 valence electrons. The standard InChI is InChI=1S/C10H16O3/c1-9(2)7(6-11)4-5-10(9,3)8(12)13/h6-7H,4-5H2,1-3H3,(H,12,13). The second-order valence-electron chi connectivity index (χ2n) is 4.64. The van der Waals surface area contributed by atoms with Crippen LogP contribution in [0.15, 0.2) is 0 Å². The fourth-order valence-electron chi connectivity index (χ4n) is 2.16. The van der Waals surface area contributed by atoms with E-state index in [1.807, 2.05) is 13.8 Å². The summed E-state index contributed by atoms with van der Waals surface area (Å²) in [4.78, 5) is 21.8. The molecule has 1 fully saturated rings. The normalized spacial score (nSPS) is 37.3. The minimum atomic E-state index is -0.790. The number of carbonyl (C=O) groups is 2. The number of carboxylic acid groups (broad SMARTS) is 1. The second kappa shape index (κ2) is 2.82. The third-order valence-corrected chi connectivity index (χ3v) is 3.94. The molecular weight excluding hydrogens is 168 g/mol. The third-order valence-electron chi connectivity index (χ3n) is 3.94. The van der Waals surface area contributed by atoms with Gasteiger partial charge >= 0.3 is 5.97 Å². The highest BCUT2D eigenvalue weighted by Gasteiger charge is 2.55. The van der Waals surface area contributed by atoms with Crippen LogP contribution in [0.25, 0.3) is 0 Å². The first-order chi connectivity index (χ1) is 5.86. The largest absolute Gasteiger partial charge is 0.481 e. The van der Waals surface area contributed by atoms with Crippen LogP contribution in [0.4, 0.5) is 0 Å². The summed E-state index contributed by atoms with van der Waals surface area (Å²) in [6.45, 7) is 5.47. The van der Waals surface area contributed by atoms with Crippen molar-refractivity contribution in [3.8, 4) is 0 Å². The molecule has 0 heterocycles. The Morgan fingerprint density at radius 3 is 2.23 bits per heavy atom. The van der Waals surface area contributed by atoms with Gasteiger partial charge in [-0.15, -0.1) is 0 Å². The van der Waals surface area contributed by atoms with Crippen molar-refractivity contribution in [3.05, 3.63) is 0 Å². The first kappa shape index (κ1) is 10.2. The number of hydrogen-bond acceptors (Lipinski definition) is 2. The average molecular weight is 184 g/mol. The maximum Gasteiger partial charge on any atom is 0.309 e. The van der Waals surface area contributed by atoms with Gasteiger partial charge < -0.3 is 9.90 Å². The van der Waals surface area contributed by atoms with Crippen molar-refractivity contribution in [3.63, 3.8) is 0 Å². The molecule has 0 bridgehead atoms. The van der Waals surface area contributed by atoms with Crippen LogP contribution in [0.1, 0.15) is 33.6 Å². The smallest absolute Gasteiger partial charge is 0.309 e. The van der Waals surface area contributed by atoms with Crippen LogP contribution in [-0.2, 0) is 9.59 Å². The van der Waals surface area contributed by atoms with E-state index < -0.39 is 16.8 Å². The van der Waals surface area contributed by atoms with E-state index in [1.165, 1.54) is 0 Å². The lowest BCUT2D eigenvalue weighted by atomic mass is 9.66. The predicted octanol–water partition coefficient (Wildman–Crippen LogP) is 1.71. The Morgan fingerprint density at radius 1 is 1.46 bits per heavy atom. The lowest BCUT2D eigenvalue weighted by Crippen LogP contribution is -2.40. The molecule has 1 saturated carbocycles. The van der Waals surface area contributed by atoms with Crippen LogP contribution in [0, 0.1) is 16.7 Å². The molecule has 13 heavy (non-hydrogen) atoms. The first-order valence-electron chi connectivity index (χ1n) is 4.55. The molecular formula is C10H16O3. The molecule has 0 amide bonds. The topological polar surface area (TPSA) is 54.4 Å². The van der Waals surface area contributed by atoms with Crippen LogP contribution >= 0.6 is 0 Å². The molecule has 1 N–H and O–H groups in total. The minimum absolute atomic E-state index is 0.117. The van der Waals surface area contributed by atoms with Gasteiger partial charge in [0.25, 0.3) is 0 Å². The lowest BCUT2D eigenvalue weighted by molar-refractivity contribution is -0.154. The number of aldehydes is 1. The Kier molecular flexibility index (Phi) is 2.22. The number of carbonyl (C=O) groups excluding carboxylic acids is 1. The molecule has 0 aromatic carbocycles. The van der Waals surface area contributed by atoms with E-state index in [4.69, 9.17) is 5.11 Å². The van der Waals surface area contributed by atoms with Gasteiger partial charge in [0.2, 0.25) is 0 Å². The number of rotatable bonds is 2. The molecule has 1 rings (SSSR count). The van der Waals surface area contributed by atoms with E-state index in [2.05, 4.69) is 0 Å². The van der Waals surface area contributed by atoms with Crippen molar-refractivity contribution in [2.24, 2.45) is 16.7 Å². The number of aliphatic carboxylic acids is 1. The van der Waals surface area contributed by atoms with E-state index in [-0.39, 0.29) is 5.92 Å². The molecule has 2 unspecified atom stereocenters. The Labute approximate surface area is 78.1 Å². The van der Waals surface area contributed by atoms with Gasteiger partial charge in [-0.05, 0) is 25.2 Å². The summed E-state index contributed by atoms with van der Waals surface area (Å²) in [6, 6.07) is 0. The zero-order valence-electron chi connectivity index (χ0n) is 8.33. The molecule has 1 aliphatic carbocycles. The molecule has 0 saturated heterocycles. The molecule has 0 aliphatic heterocycles. The monoisotopic (exact) mass is 184 g/mol. The van der Waals surface area contributed by atoms with Crippen molar-refractivity contribution >= 4 is 12.3 Å². The summed E-state index contributed by atoms with van der Waals surface area (Å²) >= 11 is 0. The van der Waals surface area contributed by atoms with Gasteiger partial charge in [0.15, 0.2) is 0 Å². The van der Waals surface area contributed by atoms with Gasteiger partial charge in [0.05, 0.1) is 5.41 Å². The quantitative estimate of drug-likeness (QED) is 0.665. The minimum Gasteiger partial charge on any atom is -0.481 e. The van der Waals surface area contributed by atoms with E-state index >= 15 is 0 Å². The van der Waals surface area contributed by atoms with E-state index in [0.29, 0.717) is 12.8 Å². The van der Waals surface area contributed by atoms with Gasteiger partial charge in [0, 0.05) is 5.92 Å². The van der Waals surface area contributed by atoms with Crippen LogP contribution in [0.2, 0.25) is 0 Å². The van der Waals surface area contributed by atoms with Crippen LogP contribution in [0.5, 0.6) is 0 Å². The molecule has 3 heteroatoms. The molecule has 1 aliphatic rings. The Bertz CT molecular complexity index is 245. The molecule has 3 nitrogen and oxygen atoms in total. The Hall–Kier alpha value is -0.860. The second-order valence-corrected chi connectivity index (χ2v) is 4.64. The van der Waals surface area contributed by atoms with Crippen molar-refractivity contribution in [2.75, 3.05) is 0 Å². The average Bonchev–Trinajstić information content (AvgIpc) is 2.25. The fraction of sp³-hybridized carbons (Fsp3) is 0.800. The van der Waals surface area contributed by atoms with Crippen LogP contribution in [-0.4, -0.2) is 17.4 Å². The number of hydrogen-bond donors (Lipinski definition) is 1. The molecule has 2 atom stereocenters. The Morgan fingerprint density at radius 2 is 2.00 bits per heavy atom. The van der Waals surface area contributed by atoms with E-state index in [0.717, 1.165) is 6.29 Å². The summed E-state index contributed by atoms with van der Waals surface area (Å²) in [7, 11) is 0. The SMILES string of the molecule is CC1(C(=O)O)CCC(C=O)C1(C)C. The van der Waals surface area contributed by atoms with Gasteiger partial charge in [-0.1, -0.05) is 13.8 Å². The number of carboxylic acids is 1. The molecule has 0 spiro atoms. The zero-order valence-corrected chi connectivity index (χ0v) is 8.33. The van der Waals surface area contributed by atoms with E-state index in [1.54, 1.807) is 6.92 Å². The molecule has 0 aromatic heterocycles. The van der Waals surface area contributed by atoms with Crippen molar-refractivity contribution < 1.29 is 14.7 Å². The summed E-state index contributed by atoms with van der Waals surface area (Å²) < 4.78 is 0. The fourth-order valence-corrected chi connectivity index (χ4v) is 2.16. The first-order valence-corrected chi connectivity index (χ1v) is 4.55. The lowest BCUT2D eigenvalue weighted by Gasteiger charge is -2.36. The summed E-state index contributed by atoms with van der Waals surface area (Å²) in [5.74, 6) is -0.907. The third kappa shape index (κ3) is 1.18. The summed E-state index contributed by atoms with van der Waals surface area (Å²) in [5, 5.41) is 9.11. The summed E-state index contributed by atoms with van der Waals surface area (Å²) in [6.07, 6.45) is 2.19. The Balaban J connectivity index is 3.05. The van der Waals surface area contributed by atoms with Crippen molar-refractivity contribution in [2.45, 2.75) is 33.6 Å². The van der Waals surface area contributed by atoms with Crippen LogP contribution in [0.3, 0.4) is 0 Å². The van der Waals surface area contributed by atoms with Gasteiger partial charge in [-0.25, -0.2) is 0 Å². The van der Waals surface area contributed by atoms with Crippen molar-refractivity contribution in [1.82, 2.24) is 0 Å². The molecule has 0 aromatic rings. The highest BCUT2D eigenvalue weighted by atomic mass is 16.4. The zero-order chi connectivity index (χ0) is 10.3. The van der Waals surface area contributed by atoms with Gasteiger partial charge in [-0.3, -0.25) is 4.79 Å². The molecule has 0 radical (unpaired) electrons. The van der Waals surface area contributed by atoms with Gasteiger partial charge in [0.1, 0.15) is 6.29 Å². The summed E-state index contributed by atoms with van der Waals surface area (Å²) in [5.41, 5.74) is -1.18. The van der Waals surface area contributed by atoms with Crippen LogP contribution < -0.4 is 0 Å². The highest BCUT2D eigenvalue weighted by Crippen LogP contribution is 2.55. The van der Waals surface area contributed by atoms with Crippen molar-refractivity contribution in [1.29, 1.82) is 0 Å². The highest BCUT2D eigenvalue weighted by molar-refractivity contribution is 5.77.